The fourth-order valence-electron chi connectivity index (χ4n) is 3.68. The highest BCUT2D eigenvalue weighted by Gasteiger charge is 2.41. The van der Waals surface area contributed by atoms with Crippen LogP contribution in [0.2, 0.25) is 5.02 Å². The zero-order chi connectivity index (χ0) is 21.2. The van der Waals surface area contributed by atoms with Gasteiger partial charge in [-0.3, -0.25) is 4.79 Å². The first kappa shape index (κ1) is 24.0. The number of aliphatic hydroxyl groups excluding tert-OH is 1. The number of hydrogen-bond donors (Lipinski definition) is 1. The number of alkyl halides is 1. The lowest BCUT2D eigenvalue weighted by molar-refractivity contribution is -0.140. The number of carbonyl (C=O) groups is 1. The van der Waals surface area contributed by atoms with Gasteiger partial charge in [-0.1, -0.05) is 23.8 Å². The van der Waals surface area contributed by atoms with Gasteiger partial charge < -0.3 is 19.3 Å². The van der Waals surface area contributed by atoms with Crippen LogP contribution in [0.15, 0.2) is 30.4 Å². The average molecular weight is 445 g/mol. The molecule has 1 fully saturated rings. The first-order valence-electron chi connectivity index (χ1n) is 9.89. The van der Waals surface area contributed by atoms with Crippen LogP contribution in [0.5, 0.6) is 5.75 Å². The normalized spacial score (nSPS) is 24.2. The van der Waals surface area contributed by atoms with Gasteiger partial charge in [0.25, 0.3) is 0 Å². The molecule has 0 amide bonds. The third kappa shape index (κ3) is 7.82. The second-order valence-electron chi connectivity index (χ2n) is 7.36. The summed E-state index contributed by atoms with van der Waals surface area (Å²) in [6.45, 7) is 0.828. The first-order valence-corrected chi connectivity index (χ1v) is 10.7. The number of ether oxygens (including phenoxy) is 3. The Kier molecular flexibility index (Phi) is 10.3. The predicted molar refractivity (Wildman–Crippen MR) is 115 cm³/mol. The zero-order valence-corrected chi connectivity index (χ0v) is 18.5. The van der Waals surface area contributed by atoms with Crippen molar-refractivity contribution >= 4 is 29.2 Å². The maximum atomic E-state index is 11.1. The summed E-state index contributed by atoms with van der Waals surface area (Å²) in [7, 11) is 3.03. The van der Waals surface area contributed by atoms with Crippen LogP contribution >= 0.6 is 23.2 Å². The molecule has 0 unspecified atom stereocenters. The molecule has 1 aliphatic rings. The van der Waals surface area contributed by atoms with Crippen molar-refractivity contribution in [2.75, 3.05) is 20.8 Å². The van der Waals surface area contributed by atoms with E-state index in [0.717, 1.165) is 24.8 Å². The molecule has 0 radical (unpaired) electrons. The van der Waals surface area contributed by atoms with Gasteiger partial charge in [-0.15, -0.1) is 11.6 Å². The molecule has 29 heavy (non-hydrogen) atoms. The van der Waals surface area contributed by atoms with E-state index < -0.39 is 6.10 Å². The molecule has 0 spiro atoms. The van der Waals surface area contributed by atoms with E-state index in [-0.39, 0.29) is 23.2 Å². The maximum absolute atomic E-state index is 11.1. The summed E-state index contributed by atoms with van der Waals surface area (Å²) >= 11 is 12.6. The van der Waals surface area contributed by atoms with Gasteiger partial charge in [0, 0.05) is 29.8 Å². The average Bonchev–Trinajstić information content (AvgIpc) is 2.95. The quantitative estimate of drug-likeness (QED) is 0.230. The third-order valence-electron chi connectivity index (χ3n) is 5.21. The predicted octanol–water partition coefficient (Wildman–Crippen LogP) is 4.76. The van der Waals surface area contributed by atoms with Crippen molar-refractivity contribution in [2.24, 2.45) is 11.8 Å². The highest BCUT2D eigenvalue weighted by atomic mass is 35.5. The monoisotopic (exact) mass is 444 g/mol. The van der Waals surface area contributed by atoms with Crippen LogP contribution < -0.4 is 4.74 Å². The number of rotatable bonds is 11. The highest BCUT2D eigenvalue weighted by Crippen LogP contribution is 2.39. The number of carbonyl (C=O) groups excluding carboxylic acids is 1. The molecule has 1 saturated carbocycles. The molecule has 1 aliphatic carbocycles. The second-order valence-corrected chi connectivity index (χ2v) is 8.36. The van der Waals surface area contributed by atoms with E-state index in [1.165, 1.54) is 7.11 Å². The minimum Gasteiger partial charge on any atom is -0.493 e. The topological polar surface area (TPSA) is 65.0 Å². The van der Waals surface area contributed by atoms with Crippen molar-refractivity contribution in [3.05, 3.63) is 40.9 Å². The molecule has 0 aromatic heterocycles. The molecule has 0 heterocycles. The number of allylic oxidation sites excluding steroid dienone is 2. The summed E-state index contributed by atoms with van der Waals surface area (Å²) < 4.78 is 15.7. The molecule has 0 aliphatic heterocycles. The summed E-state index contributed by atoms with van der Waals surface area (Å²) in [6.07, 6.45) is 6.95. The SMILES string of the molecule is COCc1cc(Cl)cc(OC[C@@H]2[C@@H](CC=CCCCC(=O)OC)[C@H](Cl)C[C@H]2O)c1. The van der Waals surface area contributed by atoms with Gasteiger partial charge in [0.1, 0.15) is 5.75 Å². The molecule has 4 atom stereocenters. The van der Waals surface area contributed by atoms with E-state index in [0.29, 0.717) is 36.8 Å². The molecule has 162 valence electrons. The molecular formula is C22H30Cl2O5. The van der Waals surface area contributed by atoms with E-state index >= 15 is 0 Å². The Bertz CT molecular complexity index is 679. The fraction of sp³-hybridized carbons (Fsp3) is 0.591. The first-order chi connectivity index (χ1) is 13.9. The molecule has 7 heteroatoms. The molecule has 1 N–H and O–H groups in total. The molecule has 0 bridgehead atoms. The van der Waals surface area contributed by atoms with Crippen LogP contribution in [0.1, 0.15) is 37.7 Å². The van der Waals surface area contributed by atoms with Crippen molar-refractivity contribution in [1.29, 1.82) is 0 Å². The largest absolute Gasteiger partial charge is 0.493 e. The standard InChI is InChI=1S/C22H30Cl2O5/c1-27-13-15-9-16(23)11-17(10-15)29-14-19-18(20(24)12-21(19)25)7-5-3-4-6-8-22(26)28-2/h3,5,9-11,18-21,25H,4,6-8,12-14H2,1-2H3/t18-,19-,20-,21-/m1/s1. The minimum atomic E-state index is -0.493. The van der Waals surface area contributed by atoms with E-state index in [1.54, 1.807) is 13.2 Å². The number of aliphatic hydroxyl groups is 1. The van der Waals surface area contributed by atoms with Crippen LogP contribution in [0.25, 0.3) is 0 Å². The lowest BCUT2D eigenvalue weighted by Crippen LogP contribution is -2.27. The van der Waals surface area contributed by atoms with E-state index in [2.05, 4.69) is 16.9 Å². The van der Waals surface area contributed by atoms with Gasteiger partial charge in [-0.25, -0.2) is 0 Å². The number of methoxy groups -OCH3 is 2. The Morgan fingerprint density at radius 3 is 2.76 bits per heavy atom. The summed E-state index contributed by atoms with van der Waals surface area (Å²) in [5.74, 6) is 0.542. The summed E-state index contributed by atoms with van der Waals surface area (Å²) in [5.41, 5.74) is 0.934. The van der Waals surface area contributed by atoms with Crippen molar-refractivity contribution in [3.63, 3.8) is 0 Å². The van der Waals surface area contributed by atoms with Gasteiger partial charge in [0.15, 0.2) is 0 Å². The Morgan fingerprint density at radius 1 is 1.24 bits per heavy atom. The lowest BCUT2D eigenvalue weighted by Gasteiger charge is -2.23. The van der Waals surface area contributed by atoms with Crippen LogP contribution in [0.4, 0.5) is 0 Å². The Hall–Kier alpha value is -1.27. The molecule has 5 nitrogen and oxygen atoms in total. The van der Waals surface area contributed by atoms with Gasteiger partial charge in [-0.05, 0) is 55.4 Å². The van der Waals surface area contributed by atoms with E-state index in [4.69, 9.17) is 32.7 Å². The minimum absolute atomic E-state index is 0.0536. The zero-order valence-electron chi connectivity index (χ0n) is 17.0. The van der Waals surface area contributed by atoms with Crippen molar-refractivity contribution < 1.29 is 24.1 Å². The van der Waals surface area contributed by atoms with Crippen LogP contribution in [0.3, 0.4) is 0 Å². The maximum Gasteiger partial charge on any atom is 0.305 e. The van der Waals surface area contributed by atoms with E-state index in [9.17, 15) is 9.90 Å². The molecular weight excluding hydrogens is 415 g/mol. The number of esters is 1. The fourth-order valence-corrected chi connectivity index (χ4v) is 4.39. The molecule has 0 saturated heterocycles. The number of unbranched alkanes of at least 4 members (excludes halogenated alkanes) is 1. The van der Waals surface area contributed by atoms with Crippen molar-refractivity contribution in [1.82, 2.24) is 0 Å². The molecule has 1 aromatic carbocycles. The number of halogens is 2. The number of benzene rings is 1. The van der Waals surface area contributed by atoms with Gasteiger partial charge in [-0.2, -0.15) is 0 Å². The van der Waals surface area contributed by atoms with Crippen LogP contribution in [-0.2, 0) is 20.9 Å². The van der Waals surface area contributed by atoms with Gasteiger partial charge in [0.05, 0.1) is 26.4 Å². The van der Waals surface area contributed by atoms with Gasteiger partial charge >= 0.3 is 5.97 Å². The Morgan fingerprint density at radius 2 is 2.03 bits per heavy atom. The second kappa shape index (κ2) is 12.4. The third-order valence-corrected chi connectivity index (χ3v) is 5.93. The highest BCUT2D eigenvalue weighted by molar-refractivity contribution is 6.30. The molecule has 1 aromatic rings. The summed E-state index contributed by atoms with van der Waals surface area (Å²) in [4.78, 5) is 11.1. The smallest absolute Gasteiger partial charge is 0.305 e. The summed E-state index contributed by atoms with van der Waals surface area (Å²) in [6, 6.07) is 5.49. The Balaban J connectivity index is 1.88. The van der Waals surface area contributed by atoms with Crippen LogP contribution in [-0.4, -0.2) is 43.4 Å². The lowest BCUT2D eigenvalue weighted by atomic mass is 9.92. The van der Waals surface area contributed by atoms with Crippen LogP contribution in [0, 0.1) is 11.8 Å². The van der Waals surface area contributed by atoms with Gasteiger partial charge in [0.2, 0.25) is 0 Å². The molecule has 2 rings (SSSR count). The number of hydrogen-bond acceptors (Lipinski definition) is 5. The summed E-state index contributed by atoms with van der Waals surface area (Å²) in [5, 5.41) is 10.9. The van der Waals surface area contributed by atoms with Crippen molar-refractivity contribution in [2.45, 2.75) is 50.2 Å². The Labute approximate surface area is 182 Å². The van der Waals surface area contributed by atoms with Crippen molar-refractivity contribution in [3.8, 4) is 5.75 Å². The van der Waals surface area contributed by atoms with E-state index in [1.807, 2.05) is 12.1 Å².